The molecule has 1 aliphatic rings. The van der Waals surface area contributed by atoms with Gasteiger partial charge in [-0.1, -0.05) is 41.5 Å². The Balaban J connectivity index is 2.79. The van der Waals surface area contributed by atoms with Crippen LogP contribution in [0.3, 0.4) is 0 Å². The van der Waals surface area contributed by atoms with Crippen molar-refractivity contribution in [3.63, 3.8) is 0 Å². The molecule has 0 N–H and O–H groups in total. The molecule has 0 spiro atoms. The highest BCUT2D eigenvalue weighted by atomic mass is 15.3. The summed E-state index contributed by atoms with van der Waals surface area (Å²) < 4.78 is 0. The van der Waals surface area contributed by atoms with Gasteiger partial charge in [-0.2, -0.15) is 0 Å². The number of hydrogen-bond acceptors (Lipinski definition) is 1. The lowest BCUT2D eigenvalue weighted by Crippen LogP contribution is -2.41. The average molecular weight is 225 g/mol. The minimum Gasteiger partial charge on any atom is -0.295 e. The highest BCUT2D eigenvalue weighted by Gasteiger charge is 2.43. The molecular formula is C15H31N. The van der Waals surface area contributed by atoms with E-state index in [0.717, 1.165) is 29.8 Å². The molecule has 0 aliphatic carbocycles. The van der Waals surface area contributed by atoms with E-state index in [2.05, 4.69) is 60.3 Å². The summed E-state index contributed by atoms with van der Waals surface area (Å²) >= 11 is 0. The number of rotatable bonds is 4. The third-order valence-corrected chi connectivity index (χ3v) is 4.57. The van der Waals surface area contributed by atoms with E-state index in [4.69, 9.17) is 0 Å². The van der Waals surface area contributed by atoms with E-state index in [1.54, 1.807) is 0 Å². The van der Waals surface area contributed by atoms with E-state index >= 15 is 0 Å². The van der Waals surface area contributed by atoms with Gasteiger partial charge in [0.2, 0.25) is 0 Å². The van der Waals surface area contributed by atoms with Crippen molar-refractivity contribution in [1.82, 2.24) is 4.90 Å². The van der Waals surface area contributed by atoms with Crippen LogP contribution in [0, 0.1) is 23.2 Å². The normalized spacial score (nSPS) is 31.3. The molecule has 0 aromatic heterocycles. The summed E-state index contributed by atoms with van der Waals surface area (Å²) in [6, 6.07) is 1.55. The quantitative estimate of drug-likeness (QED) is 0.653. The lowest BCUT2D eigenvalue weighted by atomic mass is 9.67. The molecular weight excluding hydrogens is 194 g/mol. The van der Waals surface area contributed by atoms with Crippen molar-refractivity contribution < 1.29 is 0 Å². The van der Waals surface area contributed by atoms with Gasteiger partial charge < -0.3 is 0 Å². The van der Waals surface area contributed by atoms with Gasteiger partial charge in [-0.25, -0.2) is 0 Å². The molecule has 0 amide bonds. The maximum atomic E-state index is 2.65. The zero-order valence-corrected chi connectivity index (χ0v) is 12.5. The highest BCUT2D eigenvalue weighted by molar-refractivity contribution is 4.96. The maximum absolute atomic E-state index is 2.65. The third kappa shape index (κ3) is 3.00. The first-order valence-corrected chi connectivity index (χ1v) is 6.92. The second kappa shape index (κ2) is 4.68. The molecule has 1 aliphatic heterocycles. The Morgan fingerprint density at radius 2 is 1.50 bits per heavy atom. The van der Waals surface area contributed by atoms with Crippen molar-refractivity contribution in [3.8, 4) is 0 Å². The molecule has 0 radical (unpaired) electrons. The Morgan fingerprint density at radius 1 is 1.06 bits per heavy atom. The molecule has 0 saturated carbocycles. The first-order valence-electron chi connectivity index (χ1n) is 6.92. The fourth-order valence-corrected chi connectivity index (χ4v) is 3.40. The second-order valence-corrected chi connectivity index (χ2v) is 7.28. The van der Waals surface area contributed by atoms with E-state index in [1.807, 2.05) is 0 Å². The summed E-state index contributed by atoms with van der Waals surface area (Å²) in [7, 11) is 0. The van der Waals surface area contributed by atoms with Crippen LogP contribution in [0.4, 0.5) is 0 Å². The lowest BCUT2D eigenvalue weighted by molar-refractivity contribution is 0.0715. The van der Waals surface area contributed by atoms with Crippen molar-refractivity contribution in [2.75, 3.05) is 6.54 Å². The standard InChI is InChI=1S/C15H31N/c1-10(2)12(4)14(15(6,7)8)13(5)16-9-11(16)3/h10-14H,9H2,1-8H3. The van der Waals surface area contributed by atoms with Crippen LogP contribution in [0.15, 0.2) is 0 Å². The minimum atomic E-state index is 0.408. The van der Waals surface area contributed by atoms with Crippen LogP contribution in [0.2, 0.25) is 0 Å². The van der Waals surface area contributed by atoms with Gasteiger partial charge in [0.25, 0.3) is 0 Å². The Hall–Kier alpha value is -0.0400. The minimum absolute atomic E-state index is 0.408. The Kier molecular flexibility index (Phi) is 4.10. The van der Waals surface area contributed by atoms with E-state index in [9.17, 15) is 0 Å². The van der Waals surface area contributed by atoms with E-state index in [1.165, 1.54) is 6.54 Å². The SMILES string of the molecule is CC(C)C(C)C(C(C)N1CC1C)C(C)(C)C. The molecule has 1 fully saturated rings. The van der Waals surface area contributed by atoms with Gasteiger partial charge in [-0.3, -0.25) is 4.90 Å². The smallest absolute Gasteiger partial charge is 0.0198 e. The van der Waals surface area contributed by atoms with Crippen molar-refractivity contribution in [1.29, 1.82) is 0 Å². The van der Waals surface area contributed by atoms with Crippen molar-refractivity contribution in [2.45, 2.75) is 67.5 Å². The lowest BCUT2D eigenvalue weighted by Gasteiger charge is -2.42. The maximum Gasteiger partial charge on any atom is 0.0198 e. The first-order chi connectivity index (χ1) is 7.16. The van der Waals surface area contributed by atoms with E-state index in [0.29, 0.717) is 5.41 Å². The van der Waals surface area contributed by atoms with Crippen molar-refractivity contribution in [2.24, 2.45) is 23.2 Å². The molecule has 5 unspecified atom stereocenters. The summed E-state index contributed by atoms with van der Waals surface area (Å²) in [6.07, 6.45) is 0. The zero-order chi connectivity index (χ0) is 12.7. The van der Waals surface area contributed by atoms with Gasteiger partial charge in [-0.05, 0) is 37.0 Å². The highest BCUT2D eigenvalue weighted by Crippen LogP contribution is 2.42. The van der Waals surface area contributed by atoms with Gasteiger partial charge in [0.1, 0.15) is 0 Å². The van der Waals surface area contributed by atoms with Crippen LogP contribution in [0.25, 0.3) is 0 Å². The molecule has 1 nitrogen and oxygen atoms in total. The van der Waals surface area contributed by atoms with E-state index < -0.39 is 0 Å². The van der Waals surface area contributed by atoms with E-state index in [-0.39, 0.29) is 0 Å². The van der Waals surface area contributed by atoms with Gasteiger partial charge in [0, 0.05) is 18.6 Å². The van der Waals surface area contributed by atoms with Gasteiger partial charge in [0.05, 0.1) is 0 Å². The largest absolute Gasteiger partial charge is 0.295 e. The molecule has 1 saturated heterocycles. The van der Waals surface area contributed by atoms with Crippen molar-refractivity contribution in [3.05, 3.63) is 0 Å². The summed E-state index contributed by atoms with van der Waals surface area (Å²) in [5, 5.41) is 0. The van der Waals surface area contributed by atoms with Crippen molar-refractivity contribution >= 4 is 0 Å². The molecule has 1 heteroatoms. The topological polar surface area (TPSA) is 3.01 Å². The van der Waals surface area contributed by atoms with Gasteiger partial charge in [0.15, 0.2) is 0 Å². The second-order valence-electron chi connectivity index (χ2n) is 7.28. The molecule has 1 rings (SSSR count). The predicted octanol–water partition coefficient (Wildman–Crippen LogP) is 4.03. The number of hydrogen-bond donors (Lipinski definition) is 0. The van der Waals surface area contributed by atoms with Crippen LogP contribution in [0.5, 0.6) is 0 Å². The van der Waals surface area contributed by atoms with Gasteiger partial charge >= 0.3 is 0 Å². The monoisotopic (exact) mass is 225 g/mol. The number of nitrogens with zero attached hydrogens (tertiary/aromatic N) is 1. The fourth-order valence-electron chi connectivity index (χ4n) is 3.40. The van der Waals surface area contributed by atoms with Crippen LogP contribution in [-0.4, -0.2) is 23.5 Å². The Bertz CT molecular complexity index is 226. The molecule has 16 heavy (non-hydrogen) atoms. The third-order valence-electron chi connectivity index (χ3n) is 4.57. The van der Waals surface area contributed by atoms with Crippen LogP contribution < -0.4 is 0 Å². The summed E-state index contributed by atoms with van der Waals surface area (Å²) in [5.41, 5.74) is 0.408. The summed E-state index contributed by atoms with van der Waals surface area (Å²) in [5.74, 6) is 2.36. The molecule has 0 bridgehead atoms. The van der Waals surface area contributed by atoms with Crippen LogP contribution in [0.1, 0.15) is 55.4 Å². The summed E-state index contributed by atoms with van der Waals surface area (Å²) in [6.45, 7) is 20.4. The Labute approximate surface area is 103 Å². The fraction of sp³-hybridized carbons (Fsp3) is 1.00. The first kappa shape index (κ1) is 14.0. The predicted molar refractivity (Wildman–Crippen MR) is 72.6 cm³/mol. The molecule has 0 aromatic rings. The molecule has 1 heterocycles. The van der Waals surface area contributed by atoms with Crippen LogP contribution in [-0.2, 0) is 0 Å². The summed E-state index contributed by atoms with van der Waals surface area (Å²) in [4.78, 5) is 2.65. The zero-order valence-electron chi connectivity index (χ0n) is 12.5. The van der Waals surface area contributed by atoms with Gasteiger partial charge in [-0.15, -0.1) is 0 Å². The average Bonchev–Trinajstić information content (AvgIpc) is 2.79. The molecule has 5 atom stereocenters. The molecule has 0 aromatic carbocycles. The Morgan fingerprint density at radius 3 is 1.75 bits per heavy atom. The molecule has 96 valence electrons. The van der Waals surface area contributed by atoms with Crippen LogP contribution >= 0.6 is 0 Å².